The molecule has 3 atom stereocenters. The van der Waals surface area contributed by atoms with Gasteiger partial charge in [-0.25, -0.2) is 9.69 Å². The second-order valence-corrected chi connectivity index (χ2v) is 7.03. The molecule has 2 heterocycles. The molecule has 6 heteroatoms. The molecule has 0 radical (unpaired) electrons. The van der Waals surface area contributed by atoms with Crippen molar-refractivity contribution >= 4 is 12.0 Å². The highest BCUT2D eigenvalue weighted by atomic mass is 16.6. The maximum Gasteiger partial charge on any atom is 0.416 e. The molecule has 6 nitrogen and oxygen atoms in total. The van der Waals surface area contributed by atoms with E-state index in [2.05, 4.69) is 17.2 Å². The van der Waals surface area contributed by atoms with Gasteiger partial charge in [0.15, 0.2) is 0 Å². The molecule has 2 aliphatic rings. The Kier molecular flexibility index (Phi) is 20.7. The van der Waals surface area contributed by atoms with Crippen LogP contribution in [0.1, 0.15) is 61.0 Å². The Morgan fingerprint density at radius 2 is 1.65 bits per heavy atom. The van der Waals surface area contributed by atoms with Gasteiger partial charge in [0.05, 0.1) is 12.0 Å². The standard InChI is InChI=1S/C19H24N2O3.C3H7N.3C2H6/c1-3-13(2)16-10-20-11-17(16)18(22)21-15(12-24-19(21)23)9-14-7-5-4-6-8-14;1-3-4-2;3*1-2/h3-8,15-17,20H,9-12H2,1-2H3;3-4H,1H2,2H3;3*1-2H3/b13-3+;;;;/t15-,16?,17?;;;;/m0..../s1. The highest BCUT2D eigenvalue weighted by molar-refractivity contribution is 5.95. The van der Waals surface area contributed by atoms with Crippen LogP contribution in [0.4, 0.5) is 4.79 Å². The molecule has 0 bridgehead atoms. The molecule has 194 valence electrons. The van der Waals surface area contributed by atoms with Crippen molar-refractivity contribution in [3.05, 3.63) is 60.3 Å². The Morgan fingerprint density at radius 3 is 2.15 bits per heavy atom. The molecule has 34 heavy (non-hydrogen) atoms. The van der Waals surface area contributed by atoms with Gasteiger partial charge in [0.1, 0.15) is 6.61 Å². The third-order valence-corrected chi connectivity index (χ3v) is 5.29. The number of carbonyl (C=O) groups is 2. The van der Waals surface area contributed by atoms with Gasteiger partial charge in [-0.05, 0) is 32.0 Å². The number of benzene rings is 1. The van der Waals surface area contributed by atoms with Crippen LogP contribution in [0.25, 0.3) is 0 Å². The summed E-state index contributed by atoms with van der Waals surface area (Å²) in [6, 6.07) is 9.68. The number of ether oxygens (including phenoxy) is 1. The lowest BCUT2D eigenvalue weighted by Gasteiger charge is -2.26. The van der Waals surface area contributed by atoms with Crippen molar-refractivity contribution < 1.29 is 14.3 Å². The number of allylic oxidation sites excluding steroid dienone is 1. The minimum atomic E-state index is -0.510. The SMILES string of the molecule is C/C=C(\C)C1CNCC1C(=O)N1C(=O)OC[C@@H]1Cc1ccccc1.C=CNC.CC.CC.CC. The second-order valence-electron chi connectivity index (χ2n) is 7.03. The fraction of sp³-hybridized carbons (Fsp3) is 0.571. The van der Waals surface area contributed by atoms with Gasteiger partial charge in [-0.1, -0.05) is 90.1 Å². The van der Waals surface area contributed by atoms with Crippen molar-refractivity contribution in [2.75, 3.05) is 26.7 Å². The van der Waals surface area contributed by atoms with E-state index in [1.54, 1.807) is 6.20 Å². The maximum absolute atomic E-state index is 13.0. The van der Waals surface area contributed by atoms with E-state index in [4.69, 9.17) is 4.74 Å². The summed E-state index contributed by atoms with van der Waals surface area (Å²) in [7, 11) is 1.81. The summed E-state index contributed by atoms with van der Waals surface area (Å²) in [6.45, 7) is 21.1. The number of hydrogen-bond acceptors (Lipinski definition) is 5. The van der Waals surface area contributed by atoms with Crippen LogP contribution in [0.15, 0.2) is 54.8 Å². The fourth-order valence-electron chi connectivity index (χ4n) is 3.58. The minimum absolute atomic E-state index is 0.116. The predicted octanol–water partition coefficient (Wildman–Crippen LogP) is 5.81. The van der Waals surface area contributed by atoms with E-state index in [0.29, 0.717) is 13.0 Å². The van der Waals surface area contributed by atoms with Gasteiger partial charge in [-0.3, -0.25) is 4.79 Å². The molecule has 0 saturated carbocycles. The van der Waals surface area contributed by atoms with Gasteiger partial charge in [0, 0.05) is 26.1 Å². The van der Waals surface area contributed by atoms with E-state index in [1.165, 1.54) is 10.5 Å². The normalized spacial score (nSPS) is 20.5. The minimum Gasteiger partial charge on any atom is -0.447 e. The summed E-state index contributed by atoms with van der Waals surface area (Å²) in [4.78, 5) is 26.6. The first-order valence-electron chi connectivity index (χ1n) is 12.7. The van der Waals surface area contributed by atoms with Crippen LogP contribution >= 0.6 is 0 Å². The van der Waals surface area contributed by atoms with Crippen molar-refractivity contribution in [1.82, 2.24) is 15.5 Å². The van der Waals surface area contributed by atoms with Gasteiger partial charge < -0.3 is 15.4 Å². The van der Waals surface area contributed by atoms with Gasteiger partial charge in [0.25, 0.3) is 0 Å². The lowest BCUT2D eigenvalue weighted by atomic mass is 9.88. The molecule has 2 aliphatic heterocycles. The molecular weight excluding hydrogens is 426 g/mol. The number of amides is 2. The van der Waals surface area contributed by atoms with Crippen LogP contribution in [0.5, 0.6) is 0 Å². The van der Waals surface area contributed by atoms with Gasteiger partial charge in [0.2, 0.25) is 5.91 Å². The van der Waals surface area contributed by atoms with E-state index < -0.39 is 6.09 Å². The largest absolute Gasteiger partial charge is 0.447 e. The second kappa shape index (κ2) is 21.0. The van der Waals surface area contributed by atoms with Crippen LogP contribution in [0.3, 0.4) is 0 Å². The van der Waals surface area contributed by atoms with Gasteiger partial charge in [-0.2, -0.15) is 0 Å². The molecule has 0 spiro atoms. The number of rotatable bonds is 5. The third-order valence-electron chi connectivity index (χ3n) is 5.29. The zero-order chi connectivity index (χ0) is 26.5. The van der Waals surface area contributed by atoms with E-state index in [-0.39, 0.29) is 30.4 Å². The summed E-state index contributed by atoms with van der Waals surface area (Å²) >= 11 is 0. The van der Waals surface area contributed by atoms with E-state index >= 15 is 0 Å². The molecule has 0 aliphatic carbocycles. The first-order valence-corrected chi connectivity index (χ1v) is 12.7. The average molecular weight is 476 g/mol. The third kappa shape index (κ3) is 10.6. The fourth-order valence-corrected chi connectivity index (χ4v) is 3.58. The molecule has 2 saturated heterocycles. The summed E-state index contributed by atoms with van der Waals surface area (Å²) in [5, 5.41) is 5.98. The predicted molar refractivity (Wildman–Crippen MR) is 145 cm³/mol. The lowest BCUT2D eigenvalue weighted by molar-refractivity contribution is -0.133. The number of nitrogens with one attached hydrogen (secondary N) is 2. The first kappa shape index (κ1) is 33.6. The highest BCUT2D eigenvalue weighted by Crippen LogP contribution is 2.29. The van der Waals surface area contributed by atoms with Crippen LogP contribution < -0.4 is 10.6 Å². The zero-order valence-electron chi connectivity index (χ0n) is 23.0. The van der Waals surface area contributed by atoms with Crippen LogP contribution in [-0.2, 0) is 16.0 Å². The Bertz CT molecular complexity index is 704. The Balaban J connectivity index is 0. The Labute approximate surface area is 208 Å². The summed E-state index contributed by atoms with van der Waals surface area (Å²) < 4.78 is 5.18. The van der Waals surface area contributed by atoms with Crippen molar-refractivity contribution in [3.8, 4) is 0 Å². The highest BCUT2D eigenvalue weighted by Gasteiger charge is 2.44. The quantitative estimate of drug-likeness (QED) is 0.526. The monoisotopic (exact) mass is 475 g/mol. The Morgan fingerprint density at radius 1 is 1.12 bits per heavy atom. The molecule has 3 rings (SSSR count). The van der Waals surface area contributed by atoms with Crippen molar-refractivity contribution in [2.45, 2.75) is 67.9 Å². The van der Waals surface area contributed by atoms with E-state index in [1.807, 2.05) is 98.8 Å². The molecule has 2 N–H and O–H groups in total. The molecule has 1 aromatic carbocycles. The topological polar surface area (TPSA) is 70.7 Å². The molecule has 0 aromatic heterocycles. The van der Waals surface area contributed by atoms with Crippen molar-refractivity contribution in [3.63, 3.8) is 0 Å². The van der Waals surface area contributed by atoms with Crippen molar-refractivity contribution in [2.24, 2.45) is 11.8 Å². The van der Waals surface area contributed by atoms with Crippen LogP contribution in [0.2, 0.25) is 0 Å². The number of cyclic esters (lactones) is 1. The molecule has 1 aromatic rings. The summed E-state index contributed by atoms with van der Waals surface area (Å²) in [6.07, 6.45) is 3.79. The molecular formula is C28H49N3O3. The van der Waals surface area contributed by atoms with E-state index in [0.717, 1.165) is 12.1 Å². The summed E-state index contributed by atoms with van der Waals surface area (Å²) in [5.74, 6) is -0.173. The lowest BCUT2D eigenvalue weighted by Crippen LogP contribution is -2.45. The zero-order valence-corrected chi connectivity index (χ0v) is 23.0. The smallest absolute Gasteiger partial charge is 0.416 e. The van der Waals surface area contributed by atoms with Crippen LogP contribution in [-0.4, -0.2) is 49.7 Å². The van der Waals surface area contributed by atoms with E-state index in [9.17, 15) is 9.59 Å². The van der Waals surface area contributed by atoms with Crippen molar-refractivity contribution in [1.29, 1.82) is 0 Å². The van der Waals surface area contributed by atoms with Gasteiger partial charge in [-0.15, -0.1) is 0 Å². The number of hydrogen-bond donors (Lipinski definition) is 2. The number of carbonyl (C=O) groups excluding carboxylic acids is 2. The Hall–Kier alpha value is -2.60. The number of imide groups is 1. The molecule has 2 unspecified atom stereocenters. The maximum atomic E-state index is 13.0. The first-order chi connectivity index (χ1) is 16.5. The molecule has 2 fully saturated rings. The average Bonchev–Trinajstić information content (AvgIpc) is 3.54. The van der Waals surface area contributed by atoms with Crippen LogP contribution in [0, 0.1) is 11.8 Å². The van der Waals surface area contributed by atoms with Gasteiger partial charge >= 0.3 is 6.09 Å². The molecule has 2 amide bonds. The number of nitrogens with zero attached hydrogens (tertiary/aromatic N) is 1. The summed E-state index contributed by atoms with van der Waals surface area (Å²) in [5.41, 5.74) is 2.29.